The van der Waals surface area contributed by atoms with E-state index in [4.69, 9.17) is 4.21 Å². The molecule has 0 aromatic rings. The van der Waals surface area contributed by atoms with Gasteiger partial charge in [-0.25, -0.2) is 0 Å². The largest absolute Gasteiger partial charge is 2.00 e. The molecule has 0 saturated heterocycles. The molecule has 0 aliphatic rings. The fraction of sp³-hybridized carbons (Fsp3) is 0. The summed E-state index contributed by atoms with van der Waals surface area (Å²) in [4.78, 5) is 0. The van der Waals surface area contributed by atoms with Crippen molar-refractivity contribution in [3.8, 4) is 0 Å². The van der Waals surface area contributed by atoms with Crippen LogP contribution >= 0.6 is 0 Å². The molecule has 0 N–H and O–H groups in total. The molecule has 20 valence electrons. The monoisotopic (exact) mass is 132 g/mol. The van der Waals surface area contributed by atoms with Crippen LogP contribution in [-0.4, -0.2) is 79.7 Å². The Kier molecular flexibility index (Phi) is 70.9. The molecule has 0 fully saturated rings. The molecule has 0 bridgehead atoms. The van der Waals surface area contributed by atoms with Gasteiger partial charge < -0.3 is 5.71 Å². The van der Waals surface area contributed by atoms with Crippen LogP contribution in [0.3, 0.4) is 0 Å². The molecule has 0 atom stereocenters. The molecule has 0 unspecified atom stereocenters. The molecule has 0 heterocycles. The second-order valence-electron chi connectivity index (χ2n) is 0. The molecule has 0 amide bonds. The summed E-state index contributed by atoms with van der Waals surface area (Å²) in [6.45, 7) is 0. The zero-order chi connectivity index (χ0) is 2.00. The van der Waals surface area contributed by atoms with E-state index in [2.05, 4.69) is 12.5 Å². The molecule has 0 radical (unpaired) electrons. The summed E-state index contributed by atoms with van der Waals surface area (Å²) >= 11 is 2.83. The molecule has 0 spiro atoms. The van der Waals surface area contributed by atoms with Gasteiger partial charge in [0.25, 0.3) is 0 Å². The van der Waals surface area contributed by atoms with Crippen molar-refractivity contribution in [2.24, 2.45) is 0 Å². The summed E-state index contributed by atoms with van der Waals surface area (Å²) in [6, 6.07) is 0. The first-order valence-corrected chi connectivity index (χ1v) is 0.500. The summed E-state index contributed by atoms with van der Waals surface area (Å²) < 4.78 is 7.83. The molecule has 0 aromatic heterocycles. The zero-order valence-corrected chi connectivity index (χ0v) is 7.46. The topological polar surface area (TPSA) is 17.1 Å². The number of hydrogen-bond donors (Lipinski definition) is 0. The molecule has 0 aromatic carbocycles. The molecule has 0 aliphatic carbocycles. The predicted molar refractivity (Wildman–Crippen MR) is 24.1 cm³/mol. The smallest absolute Gasteiger partial charge is 1.00 e. The molecule has 0 aliphatic heterocycles. The first-order valence-electron chi connectivity index (χ1n) is 0.167. The molecule has 4 heteroatoms. The van der Waals surface area contributed by atoms with Gasteiger partial charge in [-0.15, -0.1) is 0 Å². The Labute approximate surface area is 96.0 Å². The van der Waals surface area contributed by atoms with Gasteiger partial charge in [0.15, 0.2) is 12.5 Å². The van der Waals surface area contributed by atoms with Crippen molar-refractivity contribution in [3.05, 3.63) is 0 Å². The first-order chi connectivity index (χ1) is 1.00. The third kappa shape index (κ3) is 8.82. The summed E-state index contributed by atoms with van der Waals surface area (Å²) in [6.07, 6.45) is 0. The van der Waals surface area contributed by atoms with E-state index < -0.39 is 0 Å². The molecule has 1 nitrogen and oxygen atoms in total. The van der Waals surface area contributed by atoms with Crippen LogP contribution in [0.4, 0.5) is 0 Å². The van der Waals surface area contributed by atoms with Gasteiger partial charge in [-0.2, -0.15) is 4.21 Å². The SMILES string of the molecule is O=S.[Ca+2].[Ca+2].[H-].[H-].[H-].[H-]. The van der Waals surface area contributed by atoms with Crippen molar-refractivity contribution >= 4 is 88.0 Å². The summed E-state index contributed by atoms with van der Waals surface area (Å²) in [5, 5.41) is 0. The maximum atomic E-state index is 7.83. The van der Waals surface area contributed by atoms with Gasteiger partial charge in [0.05, 0.1) is 0 Å². The van der Waals surface area contributed by atoms with Crippen molar-refractivity contribution < 1.29 is 9.92 Å². The van der Waals surface area contributed by atoms with E-state index in [1.807, 2.05) is 0 Å². The Morgan fingerprint density at radius 1 is 1.25 bits per heavy atom. The summed E-state index contributed by atoms with van der Waals surface area (Å²) in [5.41, 5.74) is 0. The van der Waals surface area contributed by atoms with Gasteiger partial charge in [0, 0.05) is 0 Å². The molecule has 0 rings (SSSR count). The minimum Gasteiger partial charge on any atom is -1.00 e. The maximum absolute atomic E-state index is 7.83. The van der Waals surface area contributed by atoms with E-state index >= 15 is 0 Å². The van der Waals surface area contributed by atoms with Gasteiger partial charge in [-0.1, -0.05) is 0 Å². The Hall–Kier alpha value is 2.54. The minimum atomic E-state index is 0. The maximum Gasteiger partial charge on any atom is 2.00 e. The second-order valence-corrected chi connectivity index (χ2v) is 0. The minimum absolute atomic E-state index is 0. The normalized spacial score (nSPS) is 1.00. The van der Waals surface area contributed by atoms with Gasteiger partial charge in [-0.3, -0.25) is 0 Å². The van der Waals surface area contributed by atoms with E-state index in [0.717, 1.165) is 0 Å². The summed E-state index contributed by atoms with van der Waals surface area (Å²) in [5.74, 6) is 0. The van der Waals surface area contributed by atoms with E-state index in [0.29, 0.717) is 0 Å². The van der Waals surface area contributed by atoms with Crippen molar-refractivity contribution in [1.29, 1.82) is 0 Å². The fourth-order valence-electron chi connectivity index (χ4n) is 0. The average molecular weight is 132 g/mol. The summed E-state index contributed by atoms with van der Waals surface area (Å²) in [7, 11) is 0. The predicted octanol–water partition coefficient (Wildman–Crippen LogP) is -0.648. The average Bonchev–Trinajstić information content (AvgIpc) is 1.00. The van der Waals surface area contributed by atoms with E-state index in [1.54, 1.807) is 0 Å². The van der Waals surface area contributed by atoms with Crippen molar-refractivity contribution in [2.45, 2.75) is 0 Å². The van der Waals surface area contributed by atoms with Gasteiger partial charge >= 0.3 is 75.5 Å². The molecule has 0 saturated carbocycles. The third-order valence-electron chi connectivity index (χ3n) is 0. The number of rotatable bonds is 0. The van der Waals surface area contributed by atoms with Crippen LogP contribution < -0.4 is 0 Å². The Morgan fingerprint density at radius 3 is 1.25 bits per heavy atom. The molecular weight excluding hydrogens is 128 g/mol. The van der Waals surface area contributed by atoms with E-state index in [-0.39, 0.29) is 81.2 Å². The second kappa shape index (κ2) is 17.7. The van der Waals surface area contributed by atoms with Crippen LogP contribution in [0.5, 0.6) is 0 Å². The van der Waals surface area contributed by atoms with Crippen LogP contribution in [-0.2, 0) is 12.5 Å². The molecular formula is H4Ca2OS. The quantitative estimate of drug-likeness (QED) is 0.408. The van der Waals surface area contributed by atoms with Crippen molar-refractivity contribution in [3.63, 3.8) is 0 Å². The van der Waals surface area contributed by atoms with Crippen LogP contribution in [0.1, 0.15) is 5.71 Å². The Balaban J connectivity index is -0.000000000333. The van der Waals surface area contributed by atoms with Gasteiger partial charge in [-0.05, 0) is 0 Å². The molecule has 4 heavy (non-hydrogen) atoms. The van der Waals surface area contributed by atoms with E-state index in [1.165, 1.54) is 0 Å². The Morgan fingerprint density at radius 2 is 1.25 bits per heavy atom. The van der Waals surface area contributed by atoms with Crippen molar-refractivity contribution in [1.82, 2.24) is 0 Å². The Bertz CT molecular complexity index is 14.0. The third-order valence-corrected chi connectivity index (χ3v) is 0. The van der Waals surface area contributed by atoms with Gasteiger partial charge in [0.2, 0.25) is 0 Å². The van der Waals surface area contributed by atoms with E-state index in [9.17, 15) is 0 Å². The van der Waals surface area contributed by atoms with Crippen LogP contribution in [0, 0.1) is 0 Å². The van der Waals surface area contributed by atoms with Gasteiger partial charge in [0.1, 0.15) is 0 Å². The first kappa shape index (κ1) is 16.0. The van der Waals surface area contributed by atoms with Crippen LogP contribution in [0.15, 0.2) is 0 Å². The van der Waals surface area contributed by atoms with Crippen LogP contribution in [0.2, 0.25) is 0 Å². The standard InChI is InChI=1S/2Ca.OS.4H/c;;1-2;;;;/q2*+2;;4*-1. The van der Waals surface area contributed by atoms with Crippen LogP contribution in [0.25, 0.3) is 0 Å². The number of hydrogen-bond acceptors (Lipinski definition) is 2. The zero-order valence-electron chi connectivity index (χ0n) is 6.23. The fourth-order valence-corrected chi connectivity index (χ4v) is 0. The van der Waals surface area contributed by atoms with Crippen molar-refractivity contribution in [2.75, 3.05) is 0 Å².